The van der Waals surface area contributed by atoms with Gasteiger partial charge in [-0.2, -0.15) is 0 Å². The average molecular weight is 1010 g/mol. The lowest BCUT2D eigenvalue weighted by Gasteiger charge is -2.30. The first-order valence-electron chi connectivity index (χ1n) is 28.7. The fourth-order valence-corrected chi connectivity index (χ4v) is 14.7. The molecule has 0 aliphatic heterocycles. The molecule has 4 nitrogen and oxygen atoms in total. The Balaban J connectivity index is 0.946. The molecule has 2 aromatic heterocycles. The largest absolute Gasteiger partial charge is 0.454 e. The summed E-state index contributed by atoms with van der Waals surface area (Å²) in [5.41, 5.74) is 15.6. The molecular weight excluding hydrogens is 949 g/mol. The highest BCUT2D eigenvalue weighted by atomic mass is 16.3. The molecule has 0 spiro atoms. The average Bonchev–Trinajstić information content (AvgIpc) is 4.10. The molecule has 0 bridgehead atoms. The summed E-state index contributed by atoms with van der Waals surface area (Å²) in [5, 5.41) is 17.3. The fraction of sp³-hybridized carbons (Fsp3) is 0.189. The van der Waals surface area contributed by atoms with Gasteiger partial charge in [0, 0.05) is 43.7 Å². The zero-order chi connectivity index (χ0) is 51.6. The number of para-hydroxylation sites is 4. The van der Waals surface area contributed by atoms with Crippen molar-refractivity contribution < 1.29 is 8.83 Å². The van der Waals surface area contributed by atoms with Crippen LogP contribution in [-0.2, 0) is 0 Å². The molecule has 0 saturated heterocycles. The summed E-state index contributed by atoms with van der Waals surface area (Å²) in [6.45, 7) is 4.58. The van der Waals surface area contributed by atoms with E-state index < -0.39 is 0 Å². The molecule has 378 valence electrons. The third kappa shape index (κ3) is 6.91. The Morgan fingerprint density at radius 1 is 0.308 bits per heavy atom. The third-order valence-electron chi connectivity index (χ3n) is 18.3. The van der Waals surface area contributed by atoms with Crippen LogP contribution in [0, 0.1) is 13.8 Å². The van der Waals surface area contributed by atoms with E-state index in [0.29, 0.717) is 11.8 Å². The number of benzene rings is 12. The number of hydrogen-bond acceptors (Lipinski definition) is 4. The van der Waals surface area contributed by atoms with Gasteiger partial charge >= 0.3 is 0 Å². The van der Waals surface area contributed by atoms with E-state index in [0.717, 1.165) is 67.2 Å². The lowest BCUT2D eigenvalue weighted by atomic mass is 9.82. The minimum Gasteiger partial charge on any atom is -0.454 e. The molecule has 2 aliphatic rings. The van der Waals surface area contributed by atoms with Gasteiger partial charge in [-0.05, 0) is 177 Å². The lowest BCUT2D eigenvalue weighted by Crippen LogP contribution is -2.12. The van der Waals surface area contributed by atoms with Gasteiger partial charge in [-0.3, -0.25) is 0 Å². The zero-order valence-electron chi connectivity index (χ0n) is 44.4. The summed E-state index contributed by atoms with van der Waals surface area (Å²) >= 11 is 0. The van der Waals surface area contributed by atoms with Crippen molar-refractivity contribution >= 4 is 132 Å². The van der Waals surface area contributed by atoms with E-state index in [1.54, 1.807) is 0 Å². The van der Waals surface area contributed by atoms with Crippen molar-refractivity contribution in [1.29, 1.82) is 0 Å². The Morgan fingerprint density at radius 3 is 1.13 bits per heavy atom. The van der Waals surface area contributed by atoms with Crippen molar-refractivity contribution in [3.8, 4) is 0 Å². The van der Waals surface area contributed by atoms with E-state index in [1.807, 2.05) is 0 Å². The highest BCUT2D eigenvalue weighted by Crippen LogP contribution is 2.54. The zero-order valence-corrected chi connectivity index (χ0v) is 44.4. The van der Waals surface area contributed by atoms with Gasteiger partial charge in [-0.25, -0.2) is 0 Å². The van der Waals surface area contributed by atoms with Gasteiger partial charge in [0.15, 0.2) is 11.2 Å². The van der Waals surface area contributed by atoms with Gasteiger partial charge < -0.3 is 18.6 Å². The molecule has 2 fully saturated rings. The summed E-state index contributed by atoms with van der Waals surface area (Å²) in [4.78, 5) is 4.95. The van der Waals surface area contributed by atoms with Crippen LogP contribution < -0.4 is 9.80 Å². The van der Waals surface area contributed by atoms with Crippen LogP contribution in [0.3, 0.4) is 0 Å². The molecule has 0 atom stereocenters. The predicted molar refractivity (Wildman–Crippen MR) is 330 cm³/mol. The third-order valence-corrected chi connectivity index (χ3v) is 18.3. The van der Waals surface area contributed by atoms with Crippen molar-refractivity contribution in [1.82, 2.24) is 0 Å². The minimum absolute atomic E-state index is 0.484. The summed E-state index contributed by atoms with van der Waals surface area (Å²) in [5.74, 6) is 0.968. The highest BCUT2D eigenvalue weighted by Gasteiger charge is 2.30. The first-order chi connectivity index (χ1) is 38.6. The van der Waals surface area contributed by atoms with Gasteiger partial charge in [-0.1, -0.05) is 172 Å². The lowest BCUT2D eigenvalue weighted by molar-refractivity contribution is 0.442. The molecule has 4 heteroatoms. The molecular formula is C74H60N2O2. The van der Waals surface area contributed by atoms with Crippen LogP contribution in [0.4, 0.5) is 34.1 Å². The van der Waals surface area contributed by atoms with Gasteiger partial charge in [-0.15, -0.1) is 0 Å². The molecule has 78 heavy (non-hydrogen) atoms. The minimum atomic E-state index is 0.484. The molecule has 0 N–H and O–H groups in total. The van der Waals surface area contributed by atoms with Crippen molar-refractivity contribution in [2.75, 3.05) is 9.80 Å². The fourth-order valence-electron chi connectivity index (χ4n) is 14.7. The van der Waals surface area contributed by atoms with Crippen LogP contribution >= 0.6 is 0 Å². The molecule has 0 radical (unpaired) electrons. The molecule has 0 amide bonds. The van der Waals surface area contributed by atoms with Crippen LogP contribution in [0.25, 0.3) is 97.7 Å². The van der Waals surface area contributed by atoms with E-state index in [-0.39, 0.29) is 0 Å². The normalized spacial score (nSPS) is 14.9. The Morgan fingerprint density at radius 2 is 0.692 bits per heavy atom. The van der Waals surface area contributed by atoms with Crippen LogP contribution in [-0.4, -0.2) is 0 Å². The van der Waals surface area contributed by atoms with Crippen LogP contribution in [0.1, 0.15) is 98.3 Å². The second-order valence-electron chi connectivity index (χ2n) is 22.8. The standard InChI is InChI=1S/C74H60N2O2/c1-45-41-65(75(51-27-11-5-12-28-51)63-35-19-33-59-69-55-31-17-15-25-49(55)43-61(73(69)77-71(59)63)47-21-7-3-8-22-47)57-40-38-54-46(2)42-66(58-39-37-53(45)67(57)68(54)58)76(52-29-13-6-14-30-52)64-36-20-34-60-70-56-32-18-16-26-50(56)44-62(74(70)78-72(60)64)48-23-9-4-10-24-48/h5-6,11-20,25-44,47-48H,3-4,7-10,21-24H2,1-2H3. The Labute approximate surface area is 454 Å². The van der Waals surface area contributed by atoms with E-state index >= 15 is 0 Å². The van der Waals surface area contributed by atoms with Gasteiger partial charge in [0.1, 0.15) is 11.2 Å². The van der Waals surface area contributed by atoms with Gasteiger partial charge in [0.25, 0.3) is 0 Å². The Bertz CT molecular complexity index is 4370. The number of furan rings is 2. The number of hydrogen-bond donors (Lipinski definition) is 0. The number of nitrogens with zero attached hydrogens (tertiary/aromatic N) is 2. The second kappa shape index (κ2) is 18.0. The summed E-state index contributed by atoms with van der Waals surface area (Å²) in [6, 6.07) is 72.5. The van der Waals surface area contributed by atoms with Crippen LogP contribution in [0.15, 0.2) is 203 Å². The Hall–Kier alpha value is -8.60. The molecule has 2 saturated carbocycles. The van der Waals surface area contributed by atoms with Crippen molar-refractivity contribution in [2.45, 2.75) is 89.9 Å². The molecule has 12 aromatic carbocycles. The van der Waals surface area contributed by atoms with Crippen molar-refractivity contribution in [3.05, 3.63) is 216 Å². The Kier molecular flexibility index (Phi) is 10.5. The maximum absolute atomic E-state index is 7.45. The van der Waals surface area contributed by atoms with E-state index in [1.165, 1.54) is 151 Å². The molecule has 14 aromatic rings. The summed E-state index contributed by atoms with van der Waals surface area (Å²) in [7, 11) is 0. The second-order valence-corrected chi connectivity index (χ2v) is 22.8. The SMILES string of the molecule is Cc1cc(N(c2ccccc2)c2cccc3c2oc2c(C4CCCCC4)cc4ccccc4c23)c2ccc3c(C)cc(N(c4ccccc4)c4cccc5c4oc4c(C6CCCCC6)cc6ccccc6c45)c4ccc1c2c34. The topological polar surface area (TPSA) is 32.8 Å². The monoisotopic (exact) mass is 1010 g/mol. The van der Waals surface area contributed by atoms with Crippen molar-refractivity contribution in [3.63, 3.8) is 0 Å². The molecule has 2 aliphatic carbocycles. The smallest absolute Gasteiger partial charge is 0.159 e. The summed E-state index contributed by atoms with van der Waals surface area (Å²) in [6.07, 6.45) is 12.5. The number of anilines is 6. The van der Waals surface area contributed by atoms with E-state index in [2.05, 4.69) is 218 Å². The van der Waals surface area contributed by atoms with Crippen LogP contribution in [0.2, 0.25) is 0 Å². The summed E-state index contributed by atoms with van der Waals surface area (Å²) < 4.78 is 14.9. The van der Waals surface area contributed by atoms with E-state index in [4.69, 9.17) is 8.83 Å². The van der Waals surface area contributed by atoms with Crippen molar-refractivity contribution in [2.24, 2.45) is 0 Å². The molecule has 0 unspecified atom stereocenters. The molecule has 2 heterocycles. The first-order valence-corrected chi connectivity index (χ1v) is 28.7. The first kappa shape index (κ1) is 45.6. The van der Waals surface area contributed by atoms with E-state index in [9.17, 15) is 0 Å². The number of aryl methyl sites for hydroxylation is 2. The number of rotatable bonds is 8. The quantitative estimate of drug-likeness (QED) is 0.142. The highest BCUT2D eigenvalue weighted by molar-refractivity contribution is 6.30. The maximum Gasteiger partial charge on any atom is 0.159 e. The molecule has 16 rings (SSSR count). The predicted octanol–water partition coefficient (Wildman–Crippen LogP) is 22.3. The van der Waals surface area contributed by atoms with Gasteiger partial charge in [0.05, 0.1) is 22.7 Å². The van der Waals surface area contributed by atoms with Crippen LogP contribution in [0.5, 0.6) is 0 Å². The number of fused-ring (bicyclic) bond motifs is 10. The maximum atomic E-state index is 7.45. The van der Waals surface area contributed by atoms with Gasteiger partial charge in [0.2, 0.25) is 0 Å².